The van der Waals surface area contributed by atoms with Crippen LogP contribution in [0.3, 0.4) is 0 Å². The topological polar surface area (TPSA) is 15.7 Å². The van der Waals surface area contributed by atoms with Crippen LogP contribution >= 0.6 is 0 Å². The molecule has 0 bridgehead atoms. The molecule has 3 nitrogen and oxygen atoms in total. The molecule has 0 saturated carbocycles. The van der Waals surface area contributed by atoms with Gasteiger partial charge in [0.15, 0.2) is 0 Å². The van der Waals surface area contributed by atoms with Crippen molar-refractivity contribution >= 4 is 22.7 Å². The molecule has 1 aliphatic rings. The summed E-state index contributed by atoms with van der Waals surface area (Å²) in [5.41, 5.74) is 8.41. The molecule has 1 heterocycles. The van der Waals surface area contributed by atoms with Gasteiger partial charge in [-0.1, -0.05) is 60.7 Å². The summed E-state index contributed by atoms with van der Waals surface area (Å²) in [6.07, 6.45) is 0. The van der Waals surface area contributed by atoms with Gasteiger partial charge in [0, 0.05) is 37.0 Å². The second kappa shape index (κ2) is 7.84. The maximum atomic E-state index is 5.89. The minimum atomic E-state index is 0.0959. The number of hydrogen-bond donors (Lipinski definition) is 0. The van der Waals surface area contributed by atoms with E-state index in [-0.39, 0.29) is 5.92 Å². The highest BCUT2D eigenvalue weighted by molar-refractivity contribution is 5.88. The summed E-state index contributed by atoms with van der Waals surface area (Å²) < 4.78 is 5.89. The van der Waals surface area contributed by atoms with E-state index in [1.54, 1.807) is 7.11 Å². The molecule has 4 aromatic carbocycles. The zero-order chi connectivity index (χ0) is 21.4. The van der Waals surface area contributed by atoms with Crippen molar-refractivity contribution in [1.82, 2.24) is 0 Å². The van der Waals surface area contributed by atoms with Crippen LogP contribution in [0.1, 0.15) is 22.6 Å². The molecule has 31 heavy (non-hydrogen) atoms. The van der Waals surface area contributed by atoms with Gasteiger partial charge >= 0.3 is 0 Å². The number of benzene rings is 4. The van der Waals surface area contributed by atoms with E-state index >= 15 is 0 Å². The highest BCUT2D eigenvalue weighted by Crippen LogP contribution is 2.54. The number of rotatable bonds is 4. The van der Waals surface area contributed by atoms with Crippen LogP contribution in [0.2, 0.25) is 0 Å². The second-order valence-corrected chi connectivity index (χ2v) is 8.05. The lowest BCUT2D eigenvalue weighted by molar-refractivity contribution is 0.409. The van der Waals surface area contributed by atoms with E-state index in [9.17, 15) is 0 Å². The van der Waals surface area contributed by atoms with E-state index < -0.39 is 0 Å². The average Bonchev–Trinajstić information content (AvgIpc) is 2.82. The maximum Gasteiger partial charge on any atom is 0.125 e. The fourth-order valence-corrected chi connectivity index (χ4v) is 4.58. The first-order chi connectivity index (χ1) is 15.2. The Labute approximate surface area is 184 Å². The van der Waals surface area contributed by atoms with Crippen LogP contribution in [0.15, 0.2) is 97.1 Å². The molecule has 0 aromatic heterocycles. The average molecular weight is 407 g/mol. The number of nitrogens with zero attached hydrogens (tertiary/aromatic N) is 2. The molecule has 4 aromatic rings. The third-order valence-corrected chi connectivity index (χ3v) is 6.02. The van der Waals surface area contributed by atoms with Gasteiger partial charge < -0.3 is 14.5 Å². The van der Waals surface area contributed by atoms with Crippen molar-refractivity contribution in [3.8, 4) is 5.75 Å². The molecule has 154 valence electrons. The highest BCUT2D eigenvalue weighted by atomic mass is 16.5. The SMILES string of the molecule is COc1cccc2c1C(c1ccccc1)c1ccc(N(C)C)cc1N2c1ccccc1. The number of para-hydroxylation sites is 1. The third kappa shape index (κ3) is 3.23. The lowest BCUT2D eigenvalue weighted by Gasteiger charge is -2.39. The monoisotopic (exact) mass is 406 g/mol. The van der Waals surface area contributed by atoms with Gasteiger partial charge in [-0.2, -0.15) is 0 Å². The Bertz CT molecular complexity index is 1200. The molecule has 0 aliphatic carbocycles. The first-order valence-corrected chi connectivity index (χ1v) is 10.6. The van der Waals surface area contributed by atoms with Crippen molar-refractivity contribution in [2.75, 3.05) is 31.0 Å². The molecule has 1 aliphatic heterocycles. The maximum absolute atomic E-state index is 5.89. The first kappa shape index (κ1) is 19.3. The molecule has 0 saturated heterocycles. The summed E-state index contributed by atoms with van der Waals surface area (Å²) in [5.74, 6) is 1.01. The van der Waals surface area contributed by atoms with Crippen LogP contribution in [0, 0.1) is 0 Å². The van der Waals surface area contributed by atoms with E-state index in [1.807, 2.05) is 0 Å². The molecule has 0 fully saturated rings. The minimum absolute atomic E-state index is 0.0959. The number of anilines is 4. The summed E-state index contributed by atoms with van der Waals surface area (Å²) in [6.45, 7) is 0. The van der Waals surface area contributed by atoms with Crippen LogP contribution in [-0.2, 0) is 0 Å². The molecule has 0 amide bonds. The Morgan fingerprint density at radius 1 is 0.742 bits per heavy atom. The number of fused-ring (bicyclic) bond motifs is 2. The van der Waals surface area contributed by atoms with E-state index in [0.717, 1.165) is 17.1 Å². The minimum Gasteiger partial charge on any atom is -0.496 e. The summed E-state index contributed by atoms with van der Waals surface area (Å²) in [5, 5.41) is 0. The summed E-state index contributed by atoms with van der Waals surface area (Å²) in [6, 6.07) is 34.4. The van der Waals surface area contributed by atoms with Crippen LogP contribution in [-0.4, -0.2) is 21.2 Å². The lowest BCUT2D eigenvalue weighted by atomic mass is 9.79. The van der Waals surface area contributed by atoms with E-state index in [2.05, 4.69) is 121 Å². The van der Waals surface area contributed by atoms with Gasteiger partial charge in [0.25, 0.3) is 0 Å². The molecular weight excluding hydrogens is 380 g/mol. The van der Waals surface area contributed by atoms with Gasteiger partial charge in [0.2, 0.25) is 0 Å². The second-order valence-electron chi connectivity index (χ2n) is 8.05. The summed E-state index contributed by atoms with van der Waals surface area (Å²) in [4.78, 5) is 4.52. The van der Waals surface area contributed by atoms with Crippen molar-refractivity contribution in [2.24, 2.45) is 0 Å². The predicted molar refractivity (Wildman–Crippen MR) is 129 cm³/mol. The Balaban J connectivity index is 1.86. The number of ether oxygens (including phenoxy) is 1. The van der Waals surface area contributed by atoms with Crippen LogP contribution < -0.4 is 14.5 Å². The molecule has 3 heteroatoms. The summed E-state index contributed by atoms with van der Waals surface area (Å²) >= 11 is 0. The fraction of sp³-hybridized carbons (Fsp3) is 0.143. The molecule has 0 spiro atoms. The zero-order valence-electron chi connectivity index (χ0n) is 18.1. The largest absolute Gasteiger partial charge is 0.496 e. The normalized spacial score (nSPS) is 14.5. The van der Waals surface area contributed by atoms with Gasteiger partial charge in [-0.3, -0.25) is 0 Å². The van der Waals surface area contributed by atoms with Crippen LogP contribution in [0.4, 0.5) is 22.7 Å². The fourth-order valence-electron chi connectivity index (χ4n) is 4.58. The van der Waals surface area contributed by atoms with Gasteiger partial charge in [0.1, 0.15) is 5.75 Å². The van der Waals surface area contributed by atoms with Crippen molar-refractivity contribution in [3.05, 3.63) is 114 Å². The van der Waals surface area contributed by atoms with E-state index in [0.29, 0.717) is 0 Å². The van der Waals surface area contributed by atoms with Gasteiger partial charge in [-0.05, 0) is 47.5 Å². The highest BCUT2D eigenvalue weighted by Gasteiger charge is 2.35. The quantitative estimate of drug-likeness (QED) is 0.329. The molecule has 0 radical (unpaired) electrons. The van der Waals surface area contributed by atoms with Crippen molar-refractivity contribution in [1.29, 1.82) is 0 Å². The van der Waals surface area contributed by atoms with Crippen molar-refractivity contribution in [3.63, 3.8) is 0 Å². The summed E-state index contributed by atoms with van der Waals surface area (Å²) in [7, 11) is 5.93. The number of methoxy groups -OCH3 is 1. The van der Waals surface area contributed by atoms with E-state index in [4.69, 9.17) is 4.74 Å². The van der Waals surface area contributed by atoms with E-state index in [1.165, 1.54) is 28.1 Å². The lowest BCUT2D eigenvalue weighted by Crippen LogP contribution is -2.23. The smallest absolute Gasteiger partial charge is 0.125 e. The zero-order valence-corrected chi connectivity index (χ0v) is 18.1. The Morgan fingerprint density at radius 2 is 1.45 bits per heavy atom. The van der Waals surface area contributed by atoms with Gasteiger partial charge in [-0.15, -0.1) is 0 Å². The molecule has 1 atom stereocenters. The molecule has 0 N–H and O–H groups in total. The molecule has 5 rings (SSSR count). The third-order valence-electron chi connectivity index (χ3n) is 6.02. The standard InChI is InChI=1S/C28H26N2O/c1-29(2)22-17-18-23-25(19-22)30(21-13-8-5-9-14-21)24-15-10-16-26(31-3)28(24)27(23)20-11-6-4-7-12-20/h4-19,27H,1-3H3. The Morgan fingerprint density at radius 3 is 2.13 bits per heavy atom. The van der Waals surface area contributed by atoms with Crippen molar-refractivity contribution in [2.45, 2.75) is 5.92 Å². The molecular formula is C28H26N2O. The van der Waals surface area contributed by atoms with Gasteiger partial charge in [-0.25, -0.2) is 0 Å². The Hall–Kier alpha value is -3.72. The van der Waals surface area contributed by atoms with Crippen LogP contribution in [0.25, 0.3) is 0 Å². The number of hydrogen-bond acceptors (Lipinski definition) is 3. The Kier molecular flexibility index (Phi) is 4.87. The first-order valence-electron chi connectivity index (χ1n) is 10.6. The molecule has 1 unspecified atom stereocenters. The van der Waals surface area contributed by atoms with Crippen molar-refractivity contribution < 1.29 is 4.74 Å². The van der Waals surface area contributed by atoms with Gasteiger partial charge in [0.05, 0.1) is 18.5 Å². The van der Waals surface area contributed by atoms with Crippen LogP contribution in [0.5, 0.6) is 5.75 Å². The predicted octanol–water partition coefficient (Wildman–Crippen LogP) is 6.72.